The predicted octanol–water partition coefficient (Wildman–Crippen LogP) is 3.94. The number of aliphatic hydroxyl groups excluding tert-OH is 2. The molecular formula is C26H43N5O3. The Labute approximate surface area is 203 Å². The topological polar surface area (TPSA) is 124 Å². The van der Waals surface area contributed by atoms with Gasteiger partial charge in [0.2, 0.25) is 11.9 Å². The number of H-pyrrole nitrogens is 1. The summed E-state index contributed by atoms with van der Waals surface area (Å²) in [4.78, 5) is 12.3. The summed E-state index contributed by atoms with van der Waals surface area (Å²) in [7, 11) is 0. The third kappa shape index (κ3) is 3.89. The number of aliphatic hydroxyl groups is 2. The molecular weight excluding hydrogens is 430 g/mol. The monoisotopic (exact) mass is 473 g/mol. The van der Waals surface area contributed by atoms with E-state index in [0.29, 0.717) is 47.9 Å². The van der Waals surface area contributed by atoms with Crippen molar-refractivity contribution in [3.05, 3.63) is 0 Å². The standard InChI is InChI=1S/C26H43N5O3/c1-4-17-20-14-16(32)10-12-26(20,3)19-11-13-25(2)15(8-9-18(25)22(19)23(17)34)6-5-7-21(33)27-24-28-30-31-29-24/h15-20,22-23,32,34H,4-14H2,1-3H3,(H2,27,28,29,30,31,33)/t15-,16+,17+,18-,19-,20-,22-,23+,25+,26+/m0/s1. The molecule has 0 bridgehead atoms. The summed E-state index contributed by atoms with van der Waals surface area (Å²) in [6.45, 7) is 7.21. The Balaban J connectivity index is 1.27. The smallest absolute Gasteiger partial charge is 0.246 e. The molecule has 5 rings (SSSR count). The van der Waals surface area contributed by atoms with Gasteiger partial charge in [-0.15, -0.1) is 0 Å². The first-order valence-electron chi connectivity index (χ1n) is 13.7. The number of aromatic amines is 1. The highest BCUT2D eigenvalue weighted by molar-refractivity contribution is 5.88. The van der Waals surface area contributed by atoms with Gasteiger partial charge >= 0.3 is 0 Å². The number of anilines is 1. The van der Waals surface area contributed by atoms with E-state index < -0.39 is 0 Å². The fraction of sp³-hybridized carbons (Fsp3) is 0.923. The molecule has 190 valence electrons. The van der Waals surface area contributed by atoms with Gasteiger partial charge in [0.25, 0.3) is 0 Å². The number of aromatic nitrogens is 4. The number of hydrogen-bond donors (Lipinski definition) is 4. The van der Waals surface area contributed by atoms with Crippen molar-refractivity contribution in [2.24, 2.45) is 46.3 Å². The highest BCUT2D eigenvalue weighted by atomic mass is 16.3. The van der Waals surface area contributed by atoms with Crippen LogP contribution in [0.1, 0.15) is 91.4 Å². The second-order valence-corrected chi connectivity index (χ2v) is 12.4. The first-order chi connectivity index (χ1) is 16.3. The van der Waals surface area contributed by atoms with E-state index >= 15 is 0 Å². The van der Waals surface area contributed by atoms with E-state index in [-0.39, 0.29) is 28.9 Å². The van der Waals surface area contributed by atoms with Crippen LogP contribution in [0.15, 0.2) is 0 Å². The normalized spacial score (nSPS) is 45.8. The average molecular weight is 474 g/mol. The van der Waals surface area contributed by atoms with Crippen molar-refractivity contribution >= 4 is 11.9 Å². The van der Waals surface area contributed by atoms with Crippen LogP contribution in [-0.2, 0) is 4.79 Å². The number of amides is 1. The van der Waals surface area contributed by atoms with E-state index in [9.17, 15) is 15.0 Å². The van der Waals surface area contributed by atoms with Crippen molar-refractivity contribution in [2.75, 3.05) is 5.32 Å². The van der Waals surface area contributed by atoms with Gasteiger partial charge in [0.15, 0.2) is 0 Å². The summed E-state index contributed by atoms with van der Waals surface area (Å²) < 4.78 is 0. The molecule has 0 unspecified atom stereocenters. The number of carbonyl (C=O) groups excluding carboxylic acids is 1. The van der Waals surface area contributed by atoms with Gasteiger partial charge in [-0.2, -0.15) is 0 Å². The molecule has 4 aliphatic carbocycles. The summed E-state index contributed by atoms with van der Waals surface area (Å²) in [5, 5.41) is 38.2. The largest absolute Gasteiger partial charge is 0.393 e. The summed E-state index contributed by atoms with van der Waals surface area (Å²) in [5.74, 6) is 3.13. The quantitative estimate of drug-likeness (QED) is 0.496. The molecule has 4 N–H and O–H groups in total. The Kier molecular flexibility index (Phi) is 6.51. The van der Waals surface area contributed by atoms with Crippen LogP contribution in [0, 0.1) is 46.3 Å². The van der Waals surface area contributed by atoms with Crippen molar-refractivity contribution in [1.29, 1.82) is 0 Å². The van der Waals surface area contributed by atoms with Gasteiger partial charge in [0, 0.05) is 6.42 Å². The summed E-state index contributed by atoms with van der Waals surface area (Å²) >= 11 is 0. The molecule has 4 aliphatic rings. The van der Waals surface area contributed by atoms with Crippen LogP contribution in [0.5, 0.6) is 0 Å². The van der Waals surface area contributed by atoms with Gasteiger partial charge < -0.3 is 10.2 Å². The molecule has 0 spiro atoms. The fourth-order valence-corrected chi connectivity index (χ4v) is 9.46. The summed E-state index contributed by atoms with van der Waals surface area (Å²) in [6.07, 6.45) is 10.7. The van der Waals surface area contributed by atoms with Crippen LogP contribution in [0.2, 0.25) is 0 Å². The number of hydrogen-bond acceptors (Lipinski definition) is 6. The zero-order valence-electron chi connectivity index (χ0n) is 21.0. The van der Waals surface area contributed by atoms with Crippen LogP contribution >= 0.6 is 0 Å². The fourth-order valence-electron chi connectivity index (χ4n) is 9.46. The Bertz CT molecular complexity index is 865. The number of fused-ring (bicyclic) bond motifs is 5. The zero-order valence-corrected chi connectivity index (χ0v) is 21.0. The van der Waals surface area contributed by atoms with E-state index in [2.05, 4.69) is 46.7 Å². The highest BCUT2D eigenvalue weighted by Gasteiger charge is 2.64. The highest BCUT2D eigenvalue weighted by Crippen LogP contribution is 2.69. The van der Waals surface area contributed by atoms with Crippen LogP contribution < -0.4 is 5.32 Å². The number of carbonyl (C=O) groups is 1. The van der Waals surface area contributed by atoms with E-state index in [4.69, 9.17) is 0 Å². The number of nitrogens with one attached hydrogen (secondary N) is 2. The predicted molar refractivity (Wildman–Crippen MR) is 128 cm³/mol. The maximum atomic E-state index is 12.3. The summed E-state index contributed by atoms with van der Waals surface area (Å²) in [5.41, 5.74) is 0.500. The van der Waals surface area contributed by atoms with Gasteiger partial charge in [-0.3, -0.25) is 10.1 Å². The Morgan fingerprint density at radius 2 is 1.85 bits per heavy atom. The molecule has 0 saturated heterocycles. The Morgan fingerprint density at radius 3 is 2.59 bits per heavy atom. The van der Waals surface area contributed by atoms with Gasteiger partial charge in [-0.05, 0) is 115 Å². The van der Waals surface area contributed by atoms with Crippen molar-refractivity contribution in [1.82, 2.24) is 20.6 Å². The van der Waals surface area contributed by atoms with E-state index in [1.165, 1.54) is 25.7 Å². The minimum Gasteiger partial charge on any atom is -0.393 e. The molecule has 4 saturated carbocycles. The maximum Gasteiger partial charge on any atom is 0.246 e. The van der Waals surface area contributed by atoms with E-state index in [1.807, 2.05) is 0 Å². The lowest BCUT2D eigenvalue weighted by atomic mass is 9.41. The molecule has 1 aromatic heterocycles. The van der Waals surface area contributed by atoms with Crippen LogP contribution in [-0.4, -0.2) is 49.0 Å². The lowest BCUT2D eigenvalue weighted by Crippen LogP contribution is -2.62. The lowest BCUT2D eigenvalue weighted by molar-refractivity contribution is -0.202. The average Bonchev–Trinajstić information content (AvgIpc) is 3.43. The third-order valence-electron chi connectivity index (χ3n) is 11.1. The van der Waals surface area contributed by atoms with E-state index in [1.54, 1.807) is 0 Å². The van der Waals surface area contributed by atoms with Crippen molar-refractivity contribution < 1.29 is 15.0 Å². The summed E-state index contributed by atoms with van der Waals surface area (Å²) in [6, 6.07) is 0. The van der Waals surface area contributed by atoms with Crippen LogP contribution in [0.4, 0.5) is 5.95 Å². The molecule has 10 atom stereocenters. The lowest BCUT2D eigenvalue weighted by Gasteiger charge is -2.64. The van der Waals surface area contributed by atoms with Crippen molar-refractivity contribution in [3.63, 3.8) is 0 Å². The molecule has 1 heterocycles. The number of tetrazole rings is 1. The molecule has 4 fully saturated rings. The van der Waals surface area contributed by atoms with Gasteiger partial charge in [-0.1, -0.05) is 32.3 Å². The first kappa shape index (κ1) is 24.2. The maximum absolute atomic E-state index is 12.3. The SMILES string of the molecule is CC[C@H]1[C@@H](O)[C@@H]2[C@H](CC[C@]3(C)[C@@H](CCCC(=O)Nc4nnn[nH]4)CC[C@@H]23)[C@@]2(C)CC[C@@H](O)C[C@@H]12. The third-order valence-corrected chi connectivity index (χ3v) is 11.1. The molecule has 1 aromatic rings. The minimum atomic E-state index is -0.247. The zero-order chi connectivity index (χ0) is 24.1. The van der Waals surface area contributed by atoms with Crippen molar-refractivity contribution in [2.45, 2.75) is 104 Å². The molecule has 0 aliphatic heterocycles. The number of rotatable bonds is 6. The van der Waals surface area contributed by atoms with E-state index in [0.717, 1.165) is 38.5 Å². The first-order valence-corrected chi connectivity index (χ1v) is 13.7. The van der Waals surface area contributed by atoms with Crippen LogP contribution in [0.3, 0.4) is 0 Å². The number of nitrogens with zero attached hydrogens (tertiary/aromatic N) is 3. The molecule has 1 amide bonds. The van der Waals surface area contributed by atoms with Crippen LogP contribution in [0.25, 0.3) is 0 Å². The van der Waals surface area contributed by atoms with Gasteiger partial charge in [0.05, 0.1) is 12.2 Å². The molecule has 34 heavy (non-hydrogen) atoms. The Hall–Kier alpha value is -1.54. The van der Waals surface area contributed by atoms with Gasteiger partial charge in [0.1, 0.15) is 0 Å². The minimum absolute atomic E-state index is 0.0473. The Morgan fingerprint density at radius 1 is 1.09 bits per heavy atom. The molecule has 8 heteroatoms. The second kappa shape index (κ2) is 9.16. The molecule has 0 radical (unpaired) electrons. The molecule has 0 aromatic carbocycles. The molecule has 8 nitrogen and oxygen atoms in total. The van der Waals surface area contributed by atoms with Crippen molar-refractivity contribution in [3.8, 4) is 0 Å². The van der Waals surface area contributed by atoms with Gasteiger partial charge in [-0.25, -0.2) is 5.10 Å². The second-order valence-electron chi connectivity index (χ2n) is 12.4.